The van der Waals surface area contributed by atoms with E-state index < -0.39 is 5.97 Å². The van der Waals surface area contributed by atoms with E-state index in [0.29, 0.717) is 0 Å². The molecule has 0 aliphatic carbocycles. The average molecular weight is 495 g/mol. The molecule has 0 spiro atoms. The zero-order chi connectivity index (χ0) is 20.7. The zero-order valence-electron chi connectivity index (χ0n) is 17.6. The number of halogens is 1. The molecular formula is C23H32IN2O2-. The Bertz CT molecular complexity index is 782. The standard InChI is InChI=1S/C23H32IN2O2/c1-6-8-9-12-24-19-13-18(23(3,4)5)14-20(15-19)26(7-2)21-11-10-17(16-25-21)22(27)28/h10-11,13-16H,6-9,12H2,1-5H3,(H,27,28)/q-1. The van der Waals surface area contributed by atoms with Gasteiger partial charge in [-0.3, -0.25) is 0 Å². The van der Waals surface area contributed by atoms with Crippen LogP contribution in [0.3, 0.4) is 0 Å². The predicted octanol–water partition coefficient (Wildman–Crippen LogP) is 2.68. The van der Waals surface area contributed by atoms with Crippen molar-refractivity contribution in [3.63, 3.8) is 0 Å². The fourth-order valence-corrected chi connectivity index (χ4v) is 5.55. The van der Waals surface area contributed by atoms with Gasteiger partial charge < -0.3 is 0 Å². The van der Waals surface area contributed by atoms with E-state index >= 15 is 0 Å². The second-order valence-corrected chi connectivity index (χ2v) is 11.0. The molecule has 0 saturated heterocycles. The van der Waals surface area contributed by atoms with Crippen LogP contribution in [0.25, 0.3) is 0 Å². The number of nitrogens with zero attached hydrogens (tertiary/aromatic N) is 2. The Morgan fingerprint density at radius 2 is 1.89 bits per heavy atom. The van der Waals surface area contributed by atoms with Crippen LogP contribution < -0.4 is 26.1 Å². The maximum absolute atomic E-state index is 11.1. The van der Waals surface area contributed by atoms with E-state index in [1.54, 1.807) is 12.1 Å². The second kappa shape index (κ2) is 10.2. The summed E-state index contributed by atoms with van der Waals surface area (Å²) in [6, 6.07) is 10.4. The summed E-state index contributed by atoms with van der Waals surface area (Å²) in [6.07, 6.45) is 5.33. The van der Waals surface area contributed by atoms with Crippen molar-refractivity contribution in [3.05, 3.63) is 51.2 Å². The van der Waals surface area contributed by atoms with Crippen LogP contribution in [0, 0.1) is 3.57 Å². The monoisotopic (exact) mass is 495 g/mol. The first-order valence-electron chi connectivity index (χ1n) is 9.97. The summed E-state index contributed by atoms with van der Waals surface area (Å²) in [7, 11) is 0. The third-order valence-electron chi connectivity index (χ3n) is 4.63. The Labute approximate surface area is 179 Å². The van der Waals surface area contributed by atoms with Crippen LogP contribution in [-0.2, 0) is 5.41 Å². The number of aromatic carboxylic acids is 1. The van der Waals surface area contributed by atoms with E-state index in [4.69, 9.17) is 5.11 Å². The Morgan fingerprint density at radius 3 is 2.43 bits per heavy atom. The first kappa shape index (κ1) is 22.7. The molecule has 1 N–H and O–H groups in total. The summed E-state index contributed by atoms with van der Waals surface area (Å²) < 4.78 is 2.79. The summed E-state index contributed by atoms with van der Waals surface area (Å²) in [5, 5.41) is 9.12. The van der Waals surface area contributed by atoms with Crippen LogP contribution in [0.1, 0.15) is 69.8 Å². The minimum absolute atomic E-state index is 0.00750. The first-order valence-corrected chi connectivity index (χ1v) is 12.6. The van der Waals surface area contributed by atoms with E-state index in [1.165, 1.54) is 39.0 Å². The fraction of sp³-hybridized carbons (Fsp3) is 0.478. The Hall–Kier alpha value is -1.63. The third-order valence-corrected chi connectivity index (χ3v) is 7.44. The van der Waals surface area contributed by atoms with E-state index in [9.17, 15) is 4.79 Å². The molecule has 0 saturated carbocycles. The number of rotatable bonds is 9. The molecule has 5 heteroatoms. The molecule has 0 amide bonds. The number of hydrogen-bond donors (Lipinski definition) is 1. The van der Waals surface area contributed by atoms with Crippen LogP contribution in [-0.4, -0.2) is 27.0 Å². The number of alkyl halides is 1. The molecule has 0 unspecified atom stereocenters. The Balaban J connectivity index is 2.37. The van der Waals surface area contributed by atoms with Crippen molar-refractivity contribution in [1.82, 2.24) is 4.98 Å². The molecular weight excluding hydrogens is 463 g/mol. The summed E-state index contributed by atoms with van der Waals surface area (Å²) >= 11 is -0.00750. The molecule has 154 valence electrons. The summed E-state index contributed by atoms with van der Waals surface area (Å²) in [6.45, 7) is 11.9. The van der Waals surface area contributed by atoms with Gasteiger partial charge in [-0.1, -0.05) is 0 Å². The van der Waals surface area contributed by atoms with Crippen molar-refractivity contribution in [2.24, 2.45) is 0 Å². The SMILES string of the molecule is CCCCC[I-]c1cc(N(CC)c2ccc(C(=O)O)cn2)cc(C(C)(C)C)c1. The molecule has 0 aliphatic rings. The number of pyridine rings is 1. The van der Waals surface area contributed by atoms with E-state index in [1.807, 2.05) is 0 Å². The molecule has 0 atom stereocenters. The molecule has 28 heavy (non-hydrogen) atoms. The van der Waals surface area contributed by atoms with Gasteiger partial charge in [0.15, 0.2) is 0 Å². The number of carbonyl (C=O) groups is 1. The number of benzene rings is 1. The van der Waals surface area contributed by atoms with Crippen LogP contribution in [0.15, 0.2) is 36.5 Å². The van der Waals surface area contributed by atoms with Gasteiger partial charge in [-0.25, -0.2) is 0 Å². The number of carboxylic acid groups (broad SMARTS) is 1. The van der Waals surface area contributed by atoms with Crippen molar-refractivity contribution >= 4 is 17.5 Å². The molecule has 1 heterocycles. The molecule has 0 aliphatic heterocycles. The normalized spacial score (nSPS) is 11.6. The van der Waals surface area contributed by atoms with Crippen LogP contribution in [0.4, 0.5) is 11.5 Å². The second-order valence-electron chi connectivity index (χ2n) is 7.93. The predicted molar refractivity (Wildman–Crippen MR) is 112 cm³/mol. The summed E-state index contributed by atoms with van der Waals surface area (Å²) in [5.74, 6) is -0.162. The van der Waals surface area contributed by atoms with Gasteiger partial charge >= 0.3 is 180 Å². The maximum atomic E-state index is 11.1. The van der Waals surface area contributed by atoms with Gasteiger partial charge in [0.1, 0.15) is 0 Å². The average Bonchev–Trinajstić information content (AvgIpc) is 2.65. The van der Waals surface area contributed by atoms with Crippen LogP contribution in [0.5, 0.6) is 0 Å². The number of aromatic nitrogens is 1. The van der Waals surface area contributed by atoms with Gasteiger partial charge in [0, 0.05) is 0 Å². The van der Waals surface area contributed by atoms with Gasteiger partial charge in [-0.05, 0) is 0 Å². The summed E-state index contributed by atoms with van der Waals surface area (Å²) in [5.41, 5.74) is 2.79. The van der Waals surface area contributed by atoms with Crippen molar-refractivity contribution in [2.75, 3.05) is 15.9 Å². The number of anilines is 2. The quantitative estimate of drug-likeness (QED) is 0.330. The van der Waals surface area contributed by atoms with E-state index in [2.05, 4.69) is 62.7 Å². The van der Waals surface area contributed by atoms with Gasteiger partial charge in [-0.15, -0.1) is 0 Å². The molecule has 2 aromatic rings. The summed E-state index contributed by atoms with van der Waals surface area (Å²) in [4.78, 5) is 17.7. The van der Waals surface area contributed by atoms with Crippen molar-refractivity contribution in [2.45, 2.75) is 59.3 Å². The molecule has 0 fully saturated rings. The van der Waals surface area contributed by atoms with Crippen molar-refractivity contribution in [1.29, 1.82) is 0 Å². The van der Waals surface area contributed by atoms with Crippen LogP contribution in [0.2, 0.25) is 0 Å². The number of hydrogen-bond acceptors (Lipinski definition) is 3. The van der Waals surface area contributed by atoms with Crippen molar-refractivity contribution in [3.8, 4) is 0 Å². The van der Waals surface area contributed by atoms with Gasteiger partial charge in [0.05, 0.1) is 0 Å². The first-order chi connectivity index (χ1) is 13.3. The fourth-order valence-electron chi connectivity index (χ4n) is 2.91. The molecule has 1 aromatic heterocycles. The van der Waals surface area contributed by atoms with Gasteiger partial charge in [0.2, 0.25) is 0 Å². The Morgan fingerprint density at radius 1 is 1.14 bits per heavy atom. The minimum atomic E-state index is -0.948. The topological polar surface area (TPSA) is 53.4 Å². The molecule has 1 aromatic carbocycles. The zero-order valence-corrected chi connectivity index (χ0v) is 19.8. The molecule has 0 radical (unpaired) electrons. The van der Waals surface area contributed by atoms with Gasteiger partial charge in [-0.2, -0.15) is 0 Å². The Kier molecular flexibility index (Phi) is 8.28. The number of unbranched alkanes of at least 4 members (excludes halogenated alkanes) is 2. The molecule has 0 bridgehead atoms. The van der Waals surface area contributed by atoms with E-state index in [0.717, 1.165) is 18.1 Å². The van der Waals surface area contributed by atoms with E-state index in [-0.39, 0.29) is 32.2 Å². The third kappa shape index (κ3) is 6.19. The molecule has 4 nitrogen and oxygen atoms in total. The number of carboxylic acids is 1. The van der Waals surface area contributed by atoms with Crippen molar-refractivity contribution < 1.29 is 31.1 Å². The van der Waals surface area contributed by atoms with Gasteiger partial charge in [0.25, 0.3) is 0 Å². The molecule has 2 rings (SSSR count). The van der Waals surface area contributed by atoms with Crippen LogP contribution >= 0.6 is 0 Å².